The summed E-state index contributed by atoms with van der Waals surface area (Å²) in [7, 11) is 0. The number of aromatic hydroxyl groups is 1. The van der Waals surface area contributed by atoms with E-state index in [1.807, 2.05) is 12.1 Å². The molecule has 3 nitrogen and oxygen atoms in total. The molecule has 0 saturated carbocycles. The fourth-order valence-electron chi connectivity index (χ4n) is 1.56. The predicted molar refractivity (Wildman–Crippen MR) is 60.8 cm³/mol. The zero-order valence-corrected chi connectivity index (χ0v) is 9.11. The molecule has 84 valence electrons. The van der Waals surface area contributed by atoms with E-state index in [1.54, 1.807) is 12.1 Å². The van der Waals surface area contributed by atoms with Gasteiger partial charge >= 0.3 is 0 Å². The van der Waals surface area contributed by atoms with E-state index in [1.165, 1.54) is 5.56 Å². The van der Waals surface area contributed by atoms with E-state index in [0.717, 1.165) is 19.4 Å². The lowest BCUT2D eigenvalue weighted by Crippen LogP contribution is -2.22. The molecule has 1 aromatic rings. The highest BCUT2D eigenvalue weighted by Crippen LogP contribution is 2.19. The first-order valence-electron chi connectivity index (χ1n) is 5.41. The van der Waals surface area contributed by atoms with Gasteiger partial charge in [0.2, 0.25) is 0 Å². The van der Waals surface area contributed by atoms with Crippen LogP contribution in [0.2, 0.25) is 0 Å². The molecule has 0 heterocycles. The summed E-state index contributed by atoms with van der Waals surface area (Å²) in [4.78, 5) is 0. The van der Waals surface area contributed by atoms with Crippen molar-refractivity contribution in [2.45, 2.75) is 25.8 Å². The third-order valence-corrected chi connectivity index (χ3v) is 2.43. The average Bonchev–Trinajstić information content (AvgIpc) is 2.26. The number of hydrogen-bond donors (Lipinski definition) is 3. The van der Waals surface area contributed by atoms with Gasteiger partial charge in [0.15, 0.2) is 0 Å². The second-order valence-corrected chi connectivity index (χ2v) is 3.58. The Morgan fingerprint density at radius 2 is 1.93 bits per heavy atom. The minimum absolute atomic E-state index is 0.221. The van der Waals surface area contributed by atoms with E-state index >= 15 is 0 Å². The van der Waals surface area contributed by atoms with Crippen molar-refractivity contribution in [3.63, 3.8) is 0 Å². The maximum Gasteiger partial charge on any atom is 0.115 e. The minimum Gasteiger partial charge on any atom is -0.508 e. The van der Waals surface area contributed by atoms with Crippen molar-refractivity contribution in [3.05, 3.63) is 29.8 Å². The van der Waals surface area contributed by atoms with Gasteiger partial charge in [-0.3, -0.25) is 0 Å². The lowest BCUT2D eigenvalue weighted by Gasteiger charge is -2.17. The first-order valence-corrected chi connectivity index (χ1v) is 5.41. The number of phenolic OH excluding ortho intramolecular Hbond substituents is 1. The summed E-state index contributed by atoms with van der Waals surface area (Å²) < 4.78 is 0. The molecule has 3 heteroatoms. The largest absolute Gasteiger partial charge is 0.508 e. The Labute approximate surface area is 90.8 Å². The summed E-state index contributed by atoms with van der Waals surface area (Å²) in [5, 5.41) is 21.2. The molecule has 1 unspecified atom stereocenters. The summed E-state index contributed by atoms with van der Waals surface area (Å²) in [6.45, 7) is 3.15. The molecular weight excluding hydrogens is 190 g/mol. The maximum absolute atomic E-state index is 9.17. The lowest BCUT2D eigenvalue weighted by atomic mass is 10.0. The molecule has 0 saturated heterocycles. The Morgan fingerprint density at radius 1 is 1.27 bits per heavy atom. The van der Waals surface area contributed by atoms with Gasteiger partial charge in [0.25, 0.3) is 0 Å². The Hall–Kier alpha value is -1.06. The van der Waals surface area contributed by atoms with E-state index in [9.17, 15) is 5.11 Å². The molecule has 1 atom stereocenters. The zero-order chi connectivity index (χ0) is 11.1. The summed E-state index contributed by atoms with van der Waals surface area (Å²) >= 11 is 0. The number of benzene rings is 1. The van der Waals surface area contributed by atoms with Gasteiger partial charge in [-0.1, -0.05) is 19.1 Å². The van der Waals surface area contributed by atoms with Crippen LogP contribution in [-0.4, -0.2) is 23.4 Å². The van der Waals surface area contributed by atoms with Crippen molar-refractivity contribution >= 4 is 0 Å². The molecule has 0 aromatic heterocycles. The molecule has 1 rings (SSSR count). The molecule has 0 amide bonds. The highest BCUT2D eigenvalue weighted by molar-refractivity contribution is 5.27. The Bertz CT molecular complexity index is 271. The van der Waals surface area contributed by atoms with Crippen LogP contribution >= 0.6 is 0 Å². The number of rotatable bonds is 6. The molecule has 15 heavy (non-hydrogen) atoms. The molecule has 0 bridgehead atoms. The molecule has 3 N–H and O–H groups in total. The third kappa shape index (κ3) is 3.90. The molecule has 0 aliphatic rings. The van der Waals surface area contributed by atoms with Crippen molar-refractivity contribution in [3.8, 4) is 5.75 Å². The number of aliphatic hydroxyl groups excluding tert-OH is 1. The zero-order valence-electron chi connectivity index (χ0n) is 9.11. The lowest BCUT2D eigenvalue weighted by molar-refractivity contribution is 0.283. The van der Waals surface area contributed by atoms with Crippen molar-refractivity contribution in [2.75, 3.05) is 13.2 Å². The van der Waals surface area contributed by atoms with Crippen LogP contribution < -0.4 is 5.32 Å². The summed E-state index contributed by atoms with van der Waals surface area (Å²) in [5.74, 6) is 0.295. The van der Waals surface area contributed by atoms with Gasteiger partial charge in [-0.2, -0.15) is 0 Å². The molecule has 1 aromatic carbocycles. The van der Waals surface area contributed by atoms with Gasteiger partial charge in [-0.15, -0.1) is 0 Å². The quantitative estimate of drug-likeness (QED) is 0.626. The van der Waals surface area contributed by atoms with Crippen LogP contribution in [0, 0.1) is 0 Å². The average molecular weight is 209 g/mol. The van der Waals surface area contributed by atoms with Gasteiger partial charge in [0.1, 0.15) is 5.75 Å². The number of aliphatic hydroxyl groups is 1. The second kappa shape index (κ2) is 6.43. The van der Waals surface area contributed by atoms with Gasteiger partial charge in [0, 0.05) is 12.6 Å². The fraction of sp³-hybridized carbons (Fsp3) is 0.500. The van der Waals surface area contributed by atoms with Crippen molar-refractivity contribution < 1.29 is 10.2 Å². The summed E-state index contributed by atoms with van der Waals surface area (Å²) in [6, 6.07) is 7.56. The van der Waals surface area contributed by atoms with E-state index in [-0.39, 0.29) is 6.61 Å². The third-order valence-electron chi connectivity index (χ3n) is 2.43. The maximum atomic E-state index is 9.17. The van der Waals surface area contributed by atoms with Crippen LogP contribution in [0.25, 0.3) is 0 Å². The van der Waals surface area contributed by atoms with Gasteiger partial charge in [0.05, 0.1) is 0 Å². The highest BCUT2D eigenvalue weighted by atomic mass is 16.3. The SMILES string of the molecule is CCC(NCCCO)c1ccc(O)cc1. The predicted octanol–water partition coefficient (Wildman–Crippen LogP) is 1.82. The standard InChI is InChI=1S/C12H19NO2/c1-2-12(13-8-3-9-14)10-4-6-11(15)7-5-10/h4-7,12-15H,2-3,8-9H2,1H3. The van der Waals surface area contributed by atoms with Crippen LogP contribution in [0.4, 0.5) is 0 Å². The summed E-state index contributed by atoms with van der Waals surface area (Å²) in [6.07, 6.45) is 1.77. The van der Waals surface area contributed by atoms with Crippen molar-refractivity contribution in [2.24, 2.45) is 0 Å². The Morgan fingerprint density at radius 3 is 2.47 bits per heavy atom. The van der Waals surface area contributed by atoms with Gasteiger partial charge < -0.3 is 15.5 Å². The first kappa shape index (κ1) is 12.0. The van der Waals surface area contributed by atoms with Crippen molar-refractivity contribution in [1.29, 1.82) is 0 Å². The number of nitrogens with one attached hydrogen (secondary N) is 1. The molecule has 0 fully saturated rings. The Balaban J connectivity index is 2.53. The highest BCUT2D eigenvalue weighted by Gasteiger charge is 2.07. The van der Waals surface area contributed by atoms with Crippen molar-refractivity contribution in [1.82, 2.24) is 5.32 Å². The molecular formula is C12H19NO2. The summed E-state index contributed by atoms with van der Waals surface area (Å²) in [5.41, 5.74) is 1.17. The Kier molecular flexibility index (Phi) is 5.15. The molecule has 0 aliphatic carbocycles. The van der Waals surface area contributed by atoms with Crippen LogP contribution in [0.3, 0.4) is 0 Å². The topological polar surface area (TPSA) is 52.5 Å². The second-order valence-electron chi connectivity index (χ2n) is 3.58. The van der Waals surface area contributed by atoms with Crippen LogP contribution in [0.15, 0.2) is 24.3 Å². The first-order chi connectivity index (χ1) is 7.27. The van der Waals surface area contributed by atoms with Crippen LogP contribution in [-0.2, 0) is 0 Å². The van der Waals surface area contributed by atoms with E-state index in [4.69, 9.17) is 5.11 Å². The van der Waals surface area contributed by atoms with E-state index in [2.05, 4.69) is 12.2 Å². The number of phenols is 1. The fourth-order valence-corrected chi connectivity index (χ4v) is 1.56. The van der Waals surface area contributed by atoms with E-state index in [0.29, 0.717) is 11.8 Å². The normalized spacial score (nSPS) is 12.7. The van der Waals surface area contributed by atoms with Gasteiger partial charge in [-0.25, -0.2) is 0 Å². The van der Waals surface area contributed by atoms with Crippen LogP contribution in [0.1, 0.15) is 31.4 Å². The smallest absolute Gasteiger partial charge is 0.115 e. The monoisotopic (exact) mass is 209 g/mol. The van der Waals surface area contributed by atoms with E-state index < -0.39 is 0 Å². The molecule has 0 radical (unpaired) electrons. The molecule has 0 spiro atoms. The molecule has 0 aliphatic heterocycles. The minimum atomic E-state index is 0.221. The number of hydrogen-bond acceptors (Lipinski definition) is 3. The van der Waals surface area contributed by atoms with Crippen LogP contribution in [0.5, 0.6) is 5.75 Å². The van der Waals surface area contributed by atoms with Gasteiger partial charge in [-0.05, 0) is 37.1 Å².